The van der Waals surface area contributed by atoms with E-state index in [0.717, 1.165) is 5.56 Å². The lowest BCUT2D eigenvalue weighted by molar-refractivity contribution is -0.383. The average molecular weight is 386 g/mol. The summed E-state index contributed by atoms with van der Waals surface area (Å²) < 4.78 is 5.26. The van der Waals surface area contributed by atoms with Crippen molar-refractivity contribution in [2.24, 2.45) is 0 Å². The third-order valence-corrected chi connectivity index (χ3v) is 4.14. The highest BCUT2D eigenvalue weighted by Crippen LogP contribution is 2.34. The van der Waals surface area contributed by atoms with Crippen LogP contribution in [0, 0.1) is 10.1 Å². The van der Waals surface area contributed by atoms with Crippen LogP contribution in [0.15, 0.2) is 54.9 Å². The number of anilines is 3. The van der Waals surface area contributed by atoms with Crippen LogP contribution in [0.4, 0.5) is 23.0 Å². The van der Waals surface area contributed by atoms with E-state index < -0.39 is 4.92 Å². The minimum Gasteiger partial charge on any atom is -0.495 e. The van der Waals surface area contributed by atoms with Crippen LogP contribution in [0.2, 0.25) is 5.02 Å². The van der Waals surface area contributed by atoms with E-state index in [1.165, 1.54) is 13.4 Å². The van der Waals surface area contributed by atoms with Crippen LogP contribution >= 0.6 is 11.6 Å². The monoisotopic (exact) mass is 385 g/mol. The summed E-state index contributed by atoms with van der Waals surface area (Å²) in [5.41, 5.74) is 1.08. The molecule has 8 nitrogen and oxygen atoms in total. The number of rotatable bonds is 7. The van der Waals surface area contributed by atoms with Gasteiger partial charge in [-0.3, -0.25) is 10.1 Å². The van der Waals surface area contributed by atoms with Crippen molar-refractivity contribution >= 4 is 34.6 Å². The number of hydrogen-bond donors (Lipinski definition) is 2. The topological polar surface area (TPSA) is 102 Å². The third-order valence-electron chi connectivity index (χ3n) is 3.77. The van der Waals surface area contributed by atoms with Gasteiger partial charge in [0.15, 0.2) is 0 Å². The number of hydrogen-bond acceptors (Lipinski definition) is 7. The van der Waals surface area contributed by atoms with Crippen molar-refractivity contribution in [3.8, 4) is 5.75 Å². The van der Waals surface area contributed by atoms with E-state index >= 15 is 0 Å². The average Bonchev–Trinajstić information content (AvgIpc) is 2.67. The second-order valence-corrected chi connectivity index (χ2v) is 5.85. The van der Waals surface area contributed by atoms with Crippen molar-refractivity contribution in [3.05, 3.63) is 75.6 Å². The molecule has 1 heterocycles. The van der Waals surface area contributed by atoms with Gasteiger partial charge in [-0.15, -0.1) is 0 Å². The zero-order valence-corrected chi connectivity index (χ0v) is 15.1. The number of nitro groups is 1. The van der Waals surface area contributed by atoms with Gasteiger partial charge < -0.3 is 15.4 Å². The Balaban J connectivity index is 1.91. The minimum atomic E-state index is -0.535. The first-order chi connectivity index (χ1) is 13.1. The zero-order valence-electron chi connectivity index (χ0n) is 14.3. The Labute approximate surface area is 160 Å². The summed E-state index contributed by atoms with van der Waals surface area (Å²) in [6.45, 7) is 0.283. The van der Waals surface area contributed by atoms with Crippen LogP contribution in [0.25, 0.3) is 0 Å². The molecule has 3 aromatic rings. The molecular weight excluding hydrogens is 370 g/mol. The number of benzene rings is 2. The Kier molecular flexibility index (Phi) is 5.68. The van der Waals surface area contributed by atoms with Crippen molar-refractivity contribution < 1.29 is 9.66 Å². The molecule has 0 amide bonds. The highest BCUT2D eigenvalue weighted by Gasteiger charge is 2.23. The molecule has 0 aliphatic carbocycles. The second-order valence-electron chi connectivity index (χ2n) is 5.45. The number of para-hydroxylation sites is 2. The van der Waals surface area contributed by atoms with Crippen molar-refractivity contribution in [1.29, 1.82) is 0 Å². The quantitative estimate of drug-likeness (QED) is 0.459. The normalized spacial score (nSPS) is 10.3. The first kappa shape index (κ1) is 18.4. The summed E-state index contributed by atoms with van der Waals surface area (Å²) in [5.74, 6) is 0.685. The molecule has 0 atom stereocenters. The van der Waals surface area contributed by atoms with Gasteiger partial charge in [0.05, 0.1) is 17.7 Å². The molecule has 138 valence electrons. The molecule has 0 saturated heterocycles. The van der Waals surface area contributed by atoms with Crippen LogP contribution in [-0.2, 0) is 6.54 Å². The first-order valence-electron chi connectivity index (χ1n) is 7.97. The van der Waals surface area contributed by atoms with Gasteiger partial charge in [0.2, 0.25) is 11.6 Å². The van der Waals surface area contributed by atoms with Gasteiger partial charge in [0, 0.05) is 11.6 Å². The fraction of sp³-hybridized carbons (Fsp3) is 0.111. The Morgan fingerprint density at radius 1 is 1.11 bits per heavy atom. The van der Waals surface area contributed by atoms with Crippen LogP contribution in [0.3, 0.4) is 0 Å². The maximum Gasteiger partial charge on any atom is 0.353 e. The van der Waals surface area contributed by atoms with E-state index in [1.807, 2.05) is 18.2 Å². The molecule has 1 aromatic heterocycles. The van der Waals surface area contributed by atoms with Gasteiger partial charge in [-0.2, -0.15) is 0 Å². The molecule has 0 aliphatic rings. The molecular formula is C18H16ClN5O3. The van der Waals surface area contributed by atoms with Crippen LogP contribution < -0.4 is 15.4 Å². The molecule has 0 aliphatic heterocycles. The van der Waals surface area contributed by atoms with Gasteiger partial charge in [-0.05, 0) is 23.8 Å². The smallest absolute Gasteiger partial charge is 0.353 e. The Bertz CT molecular complexity index is 967. The number of halogens is 1. The molecule has 0 bridgehead atoms. The Morgan fingerprint density at radius 3 is 2.56 bits per heavy atom. The summed E-state index contributed by atoms with van der Waals surface area (Å²) in [4.78, 5) is 19.1. The summed E-state index contributed by atoms with van der Waals surface area (Å²) in [7, 11) is 1.52. The summed E-state index contributed by atoms with van der Waals surface area (Å²) in [5, 5.41) is 18.1. The number of methoxy groups -OCH3 is 1. The fourth-order valence-corrected chi connectivity index (χ4v) is 2.67. The van der Waals surface area contributed by atoms with E-state index in [0.29, 0.717) is 16.5 Å². The predicted molar refractivity (Wildman–Crippen MR) is 104 cm³/mol. The highest BCUT2D eigenvalue weighted by molar-refractivity contribution is 6.31. The lowest BCUT2D eigenvalue weighted by Gasteiger charge is -2.12. The molecule has 0 radical (unpaired) electrons. The van der Waals surface area contributed by atoms with Crippen molar-refractivity contribution in [3.63, 3.8) is 0 Å². The van der Waals surface area contributed by atoms with E-state index in [1.54, 1.807) is 30.3 Å². The van der Waals surface area contributed by atoms with Crippen LogP contribution in [-0.4, -0.2) is 22.0 Å². The maximum atomic E-state index is 11.7. The highest BCUT2D eigenvalue weighted by atomic mass is 35.5. The lowest BCUT2D eigenvalue weighted by Crippen LogP contribution is -2.08. The predicted octanol–water partition coefficient (Wildman–Crippen LogP) is 4.40. The van der Waals surface area contributed by atoms with E-state index in [9.17, 15) is 10.1 Å². The van der Waals surface area contributed by atoms with Crippen molar-refractivity contribution in [2.75, 3.05) is 17.7 Å². The molecule has 0 saturated carbocycles. The largest absolute Gasteiger partial charge is 0.495 e. The van der Waals surface area contributed by atoms with Gasteiger partial charge >= 0.3 is 5.69 Å². The van der Waals surface area contributed by atoms with Crippen LogP contribution in [0.1, 0.15) is 5.56 Å². The zero-order chi connectivity index (χ0) is 19.2. The summed E-state index contributed by atoms with van der Waals surface area (Å²) in [6.07, 6.45) is 1.25. The second kappa shape index (κ2) is 8.33. The summed E-state index contributed by atoms with van der Waals surface area (Å²) >= 11 is 6.13. The molecule has 27 heavy (non-hydrogen) atoms. The number of nitrogens with zero attached hydrogens (tertiary/aromatic N) is 3. The Hall–Kier alpha value is -3.39. The van der Waals surface area contributed by atoms with Crippen LogP contribution in [0.5, 0.6) is 5.75 Å². The maximum absolute atomic E-state index is 11.7. The minimum absolute atomic E-state index is 0.0566. The molecule has 0 unspecified atom stereocenters. The molecule has 9 heteroatoms. The fourth-order valence-electron chi connectivity index (χ4n) is 2.47. The Morgan fingerprint density at radius 2 is 1.81 bits per heavy atom. The van der Waals surface area contributed by atoms with Gasteiger partial charge in [0.25, 0.3) is 0 Å². The molecule has 0 spiro atoms. The molecule has 2 aromatic carbocycles. The molecule has 0 fully saturated rings. The summed E-state index contributed by atoms with van der Waals surface area (Å²) in [6, 6.07) is 14.3. The lowest BCUT2D eigenvalue weighted by atomic mass is 10.2. The van der Waals surface area contributed by atoms with Gasteiger partial charge in [-0.1, -0.05) is 41.9 Å². The molecule has 3 rings (SSSR count). The van der Waals surface area contributed by atoms with Crippen molar-refractivity contribution in [2.45, 2.75) is 6.54 Å². The van der Waals surface area contributed by atoms with Gasteiger partial charge in [-0.25, -0.2) is 9.97 Å². The van der Waals surface area contributed by atoms with E-state index in [2.05, 4.69) is 20.6 Å². The molecule has 2 N–H and O–H groups in total. The van der Waals surface area contributed by atoms with Gasteiger partial charge in [0.1, 0.15) is 12.1 Å². The number of nitrogens with one attached hydrogen (secondary N) is 2. The standard InChI is InChI=1S/C18H16ClN5O3/c1-27-15-9-5-4-8-14(15)23-18-16(24(25)26)17(21-11-22-18)20-10-12-6-2-3-7-13(12)19/h2-9,11H,10H2,1H3,(H2,20,21,22,23). The van der Waals surface area contributed by atoms with E-state index in [4.69, 9.17) is 16.3 Å². The van der Waals surface area contributed by atoms with E-state index in [-0.39, 0.29) is 23.9 Å². The first-order valence-corrected chi connectivity index (χ1v) is 8.34. The SMILES string of the molecule is COc1ccccc1Nc1ncnc(NCc2ccccc2Cl)c1[N+](=O)[O-]. The number of ether oxygens (including phenoxy) is 1. The third kappa shape index (κ3) is 4.24. The number of aromatic nitrogens is 2. The van der Waals surface area contributed by atoms with Crippen molar-refractivity contribution in [1.82, 2.24) is 9.97 Å².